The minimum atomic E-state index is -0.847. The van der Waals surface area contributed by atoms with Crippen molar-refractivity contribution in [3.63, 3.8) is 0 Å². The lowest BCUT2D eigenvalue weighted by molar-refractivity contribution is -0.141. The lowest BCUT2D eigenvalue weighted by Crippen LogP contribution is -2.62. The predicted octanol–water partition coefficient (Wildman–Crippen LogP) is 5.69. The summed E-state index contributed by atoms with van der Waals surface area (Å²) in [5.41, 5.74) is 14.2. The number of phenolic OH excluding ortho intramolecular Hbond substituents is 1. The van der Waals surface area contributed by atoms with Crippen LogP contribution in [0.5, 0.6) is 11.6 Å². The number of aliphatic hydroxyl groups is 1. The third kappa shape index (κ3) is 9.97. The van der Waals surface area contributed by atoms with Gasteiger partial charge in [-0.25, -0.2) is 14.8 Å². The van der Waals surface area contributed by atoms with Crippen molar-refractivity contribution in [2.75, 3.05) is 79.3 Å². The van der Waals surface area contributed by atoms with Gasteiger partial charge >= 0.3 is 6.03 Å². The number of ether oxygens (including phenoxy) is 1. The average molecular weight is 1040 g/mol. The van der Waals surface area contributed by atoms with E-state index in [0.29, 0.717) is 73.8 Å². The summed E-state index contributed by atoms with van der Waals surface area (Å²) in [6, 6.07) is 22.1. The first kappa shape index (κ1) is 49.7. The van der Waals surface area contributed by atoms with Crippen molar-refractivity contribution in [1.82, 2.24) is 45.3 Å². The highest BCUT2D eigenvalue weighted by molar-refractivity contribution is 7.13. The minimum absolute atomic E-state index is 0.0387. The van der Waals surface area contributed by atoms with Gasteiger partial charge in [0.2, 0.25) is 17.7 Å². The molecule has 75 heavy (non-hydrogen) atoms. The number of fused-ring (bicyclic) bond motifs is 2. The number of hydrogen-bond acceptors (Lipinski definition) is 17. The molecule has 2 unspecified atom stereocenters. The fourth-order valence-corrected chi connectivity index (χ4v) is 12.3. The number of nitrogens with one attached hydrogen (secondary N) is 1. The van der Waals surface area contributed by atoms with Crippen molar-refractivity contribution < 1.29 is 33.9 Å². The molecule has 2 bridgehead atoms. The fraction of sp³-hybridized carbons (Fsp3) is 0.444. The summed E-state index contributed by atoms with van der Waals surface area (Å²) in [7, 11) is 0. The maximum absolute atomic E-state index is 14.4. The Bertz CT molecular complexity index is 3030. The number of nitrogen functional groups attached to an aromatic ring is 1. The van der Waals surface area contributed by atoms with E-state index in [2.05, 4.69) is 40.4 Å². The van der Waals surface area contributed by atoms with Gasteiger partial charge in [-0.15, -0.1) is 21.5 Å². The number of urea groups is 1. The Morgan fingerprint density at radius 2 is 1.61 bits per heavy atom. The lowest BCUT2D eigenvalue weighted by atomic mass is 9.91. The molecule has 0 spiro atoms. The number of piperazine rings is 2. The smallest absolute Gasteiger partial charge is 0.320 e. The number of para-hydroxylation sites is 1. The average Bonchev–Trinajstić information content (AvgIpc) is 4.21. The first-order valence-electron chi connectivity index (χ1n) is 25.9. The largest absolute Gasteiger partial charge is 0.507 e. The van der Waals surface area contributed by atoms with Crippen molar-refractivity contribution in [3.05, 3.63) is 102 Å². The summed E-state index contributed by atoms with van der Waals surface area (Å²) in [6.45, 7) is 12.2. The van der Waals surface area contributed by atoms with Gasteiger partial charge in [0, 0.05) is 93.9 Å². The molecule has 5 N–H and O–H groups in total. The van der Waals surface area contributed by atoms with Crippen LogP contribution < -0.4 is 30.5 Å². The quantitative estimate of drug-likeness (QED) is 0.109. The molecule has 4 aromatic heterocycles. The highest BCUT2D eigenvalue weighted by Gasteiger charge is 2.45. The van der Waals surface area contributed by atoms with E-state index in [0.717, 1.165) is 59.0 Å². The van der Waals surface area contributed by atoms with Crippen LogP contribution in [0.3, 0.4) is 0 Å². The van der Waals surface area contributed by atoms with Gasteiger partial charge in [0.1, 0.15) is 23.8 Å². The van der Waals surface area contributed by atoms with E-state index < -0.39 is 18.1 Å². The number of carbonyl (C=O) groups excluding carboxylic acids is 3. The number of carbonyl (C=O) groups is 3. The van der Waals surface area contributed by atoms with E-state index >= 15 is 0 Å². The van der Waals surface area contributed by atoms with Crippen LogP contribution in [-0.2, 0) is 9.59 Å². The van der Waals surface area contributed by atoms with Crippen molar-refractivity contribution in [1.29, 1.82) is 0 Å². The molecule has 5 aliphatic rings. The van der Waals surface area contributed by atoms with Crippen molar-refractivity contribution in [3.8, 4) is 33.3 Å². The second-order valence-electron chi connectivity index (χ2n) is 20.8. The molecule has 5 fully saturated rings. The van der Waals surface area contributed by atoms with Crippen molar-refractivity contribution >= 4 is 52.2 Å². The Balaban J connectivity index is 0.653. The van der Waals surface area contributed by atoms with E-state index in [-0.39, 0.29) is 66.7 Å². The zero-order valence-corrected chi connectivity index (χ0v) is 43.3. The highest BCUT2D eigenvalue weighted by Crippen LogP contribution is 2.40. The Labute approximate surface area is 439 Å². The van der Waals surface area contributed by atoms with Crippen LogP contribution in [0, 0.1) is 12.8 Å². The number of likely N-dealkylation sites (tertiary alicyclic amines) is 2. The number of pyridine rings is 1. The van der Waals surface area contributed by atoms with Gasteiger partial charge < -0.3 is 59.9 Å². The molecule has 5 aliphatic heterocycles. The van der Waals surface area contributed by atoms with Crippen molar-refractivity contribution in [2.24, 2.45) is 5.92 Å². The summed E-state index contributed by atoms with van der Waals surface area (Å²) in [5.74, 6) is 0.440. The van der Waals surface area contributed by atoms with Crippen LogP contribution in [0.1, 0.15) is 69.0 Å². The topological polar surface area (TPSA) is 236 Å². The van der Waals surface area contributed by atoms with Gasteiger partial charge in [-0.3, -0.25) is 9.59 Å². The number of hydrogen-bond donors (Lipinski definition) is 4. The van der Waals surface area contributed by atoms with Crippen LogP contribution in [0.25, 0.3) is 21.7 Å². The number of anilines is 4. The van der Waals surface area contributed by atoms with Crippen LogP contribution in [-0.4, -0.2) is 157 Å². The lowest BCUT2D eigenvalue weighted by Gasteiger charge is -2.44. The molecule has 6 atom stereocenters. The zero-order chi connectivity index (χ0) is 52.1. The minimum Gasteiger partial charge on any atom is -0.507 e. The van der Waals surface area contributed by atoms with Crippen LogP contribution in [0.4, 0.5) is 27.8 Å². The van der Waals surface area contributed by atoms with E-state index in [1.807, 2.05) is 97.6 Å². The number of amides is 4. The molecule has 21 heteroatoms. The highest BCUT2D eigenvalue weighted by atomic mass is 32.1. The molecular formula is C54H63N13O7S. The van der Waals surface area contributed by atoms with Gasteiger partial charge in [0.15, 0.2) is 17.4 Å². The number of phenols is 1. The maximum atomic E-state index is 14.4. The first-order chi connectivity index (χ1) is 36.3. The number of β-amino-alcohol motifs (C(OH)–C–C–N with tert-alkyl or cyclic N) is 1. The summed E-state index contributed by atoms with van der Waals surface area (Å²) >= 11 is 1.58. The predicted molar refractivity (Wildman–Crippen MR) is 284 cm³/mol. The van der Waals surface area contributed by atoms with Crippen LogP contribution in [0.2, 0.25) is 0 Å². The molecule has 5 saturated heterocycles. The second-order valence-corrected chi connectivity index (χ2v) is 21.6. The molecule has 4 amide bonds. The molecule has 6 aromatic rings. The number of aryl methyl sites for hydroxylation is 1. The van der Waals surface area contributed by atoms with E-state index in [1.54, 1.807) is 40.6 Å². The Hall–Kier alpha value is -7.52. The van der Waals surface area contributed by atoms with Gasteiger partial charge in [0.05, 0.1) is 52.7 Å². The molecule has 0 aliphatic carbocycles. The van der Waals surface area contributed by atoms with Gasteiger partial charge in [0.25, 0.3) is 0 Å². The standard InChI is InChI=1S/C54H63N13O7S/c1-31(2)49(53(71)66-27-39(68)22-44(66)52(70)58-32(3)34-9-11-35(12-10-34)50-33(4)57-30-75-50)46-24-47(61-74-46)62-17-19-63(20-18-62)54(72)65-28-40(29-65)73-48-21-36(15-16-56-48)67-37-13-14-38(67)26-64(25-37)43-23-42(59-60-51(43)55)41-7-5-6-8-45(41)69/h5-12,15-16,21,23-24,30-32,37-40,44,49,68-69H,13-14,17-20,22,25-29H2,1-4H3,(H2,55,60)(H,58,70)/t32-,37?,38?,39+,44-,49+/m0/s1. The second kappa shape index (κ2) is 20.7. The number of nitrogens with zero attached hydrogens (tertiary/aromatic N) is 11. The Morgan fingerprint density at radius 3 is 2.32 bits per heavy atom. The van der Waals surface area contributed by atoms with E-state index in [4.69, 9.17) is 15.0 Å². The Kier molecular flexibility index (Phi) is 13.7. The van der Waals surface area contributed by atoms with Crippen LogP contribution in [0.15, 0.2) is 89.0 Å². The SMILES string of the molecule is Cc1ncsc1-c1ccc([C@H](C)NC(=O)[C@@H]2C[C@@H](O)CN2C(=O)[C@@H](c2cc(N3CCN(C(=O)N4CC(Oc5cc(N6C7CCC6CN(c6cc(-c8ccccc8O)nnc6N)C7)ccn5)C4)CC3)no2)C(C)C)cc1. The summed E-state index contributed by atoms with van der Waals surface area (Å²) in [6.07, 6.45) is 2.94. The van der Waals surface area contributed by atoms with Gasteiger partial charge in [-0.05, 0) is 68.0 Å². The molecule has 20 nitrogen and oxygen atoms in total. The number of aliphatic hydroxyl groups excluding tert-OH is 1. The molecule has 0 saturated carbocycles. The molecule has 9 heterocycles. The number of aromatic hydroxyl groups is 1. The number of nitrogens with two attached hydrogens (primary N) is 1. The van der Waals surface area contributed by atoms with Crippen LogP contribution >= 0.6 is 11.3 Å². The van der Waals surface area contributed by atoms with E-state index in [9.17, 15) is 24.6 Å². The zero-order valence-electron chi connectivity index (χ0n) is 42.5. The third-order valence-electron chi connectivity index (χ3n) is 15.5. The van der Waals surface area contributed by atoms with Gasteiger partial charge in [-0.1, -0.05) is 55.4 Å². The maximum Gasteiger partial charge on any atom is 0.320 e. The number of benzene rings is 2. The van der Waals surface area contributed by atoms with Gasteiger partial charge in [-0.2, -0.15) is 0 Å². The monoisotopic (exact) mass is 1040 g/mol. The Morgan fingerprint density at radius 1 is 0.867 bits per heavy atom. The number of rotatable bonds is 13. The first-order valence-corrected chi connectivity index (χ1v) is 26.8. The fourth-order valence-electron chi connectivity index (χ4n) is 11.5. The summed E-state index contributed by atoms with van der Waals surface area (Å²) in [5, 5.41) is 37.2. The summed E-state index contributed by atoms with van der Waals surface area (Å²) < 4.78 is 12.2. The normalized spacial score (nSPS) is 21.6. The summed E-state index contributed by atoms with van der Waals surface area (Å²) in [4.78, 5) is 63.8. The third-order valence-corrected chi connectivity index (χ3v) is 16.5. The van der Waals surface area contributed by atoms with E-state index in [1.165, 1.54) is 4.90 Å². The molecule has 0 radical (unpaired) electrons. The number of thiazole rings is 1. The van der Waals surface area contributed by atoms with Crippen molar-refractivity contribution in [2.45, 2.75) is 89.3 Å². The molecule has 2 aromatic carbocycles. The molecule has 392 valence electrons. The molecular weight excluding hydrogens is 975 g/mol. The molecule has 11 rings (SSSR count). The number of aromatic nitrogens is 5.